The predicted octanol–water partition coefficient (Wildman–Crippen LogP) is 9.08. The Hall–Kier alpha value is -5.63. The summed E-state index contributed by atoms with van der Waals surface area (Å²) in [7, 11) is 0. The highest BCUT2D eigenvalue weighted by atomic mass is 127. The lowest BCUT2D eigenvalue weighted by molar-refractivity contribution is 0.176. The number of anilines is 4. The second-order valence-electron chi connectivity index (χ2n) is 16.7. The fraction of sp³-hybridized carbons (Fsp3) is 0.435. The van der Waals surface area contributed by atoms with Gasteiger partial charge in [-0.3, -0.25) is 0 Å². The van der Waals surface area contributed by atoms with Crippen molar-refractivity contribution < 1.29 is 23.5 Å². The lowest BCUT2D eigenvalue weighted by atomic mass is 9.99. The highest BCUT2D eigenvalue weighted by Crippen LogP contribution is 2.39. The number of carbonyl (C=O) groups is 2. The number of fused-ring (bicyclic) bond motifs is 2. The van der Waals surface area contributed by atoms with Crippen molar-refractivity contribution in [1.29, 1.82) is 0 Å². The molecule has 6 aromatic rings. The van der Waals surface area contributed by atoms with Crippen molar-refractivity contribution in [1.82, 2.24) is 39.0 Å². The third kappa shape index (κ3) is 9.57. The number of halogens is 3. The molecule has 4 atom stereocenters. The molecule has 4 aliphatic heterocycles. The number of nitrogens with zero attached hydrogens (tertiary/aromatic N) is 10. The van der Waals surface area contributed by atoms with Crippen molar-refractivity contribution in [3.05, 3.63) is 105 Å². The lowest BCUT2D eigenvalue weighted by Crippen LogP contribution is -2.33. The molecule has 8 heterocycles. The van der Waals surface area contributed by atoms with Gasteiger partial charge in [0.1, 0.15) is 34.6 Å². The molecule has 15 nitrogen and oxygen atoms in total. The van der Waals surface area contributed by atoms with Crippen LogP contribution in [0.15, 0.2) is 73.3 Å². The molecule has 2 aromatic carbocycles. The fourth-order valence-electron chi connectivity index (χ4n) is 9.12. The van der Waals surface area contributed by atoms with Crippen molar-refractivity contribution in [3.63, 3.8) is 0 Å². The molecule has 10 rings (SSSR count). The molecular formula is C46H57F2IN12O3. The van der Waals surface area contributed by atoms with E-state index in [0.29, 0.717) is 48.1 Å². The van der Waals surface area contributed by atoms with Crippen molar-refractivity contribution in [3.8, 4) is 0 Å². The van der Waals surface area contributed by atoms with E-state index in [4.69, 9.17) is 9.97 Å². The zero-order chi connectivity index (χ0) is 43.1. The molecular weight excluding hydrogens is 933 g/mol. The zero-order valence-corrected chi connectivity index (χ0v) is 36.8. The maximum absolute atomic E-state index is 13.9. The van der Waals surface area contributed by atoms with Crippen molar-refractivity contribution in [2.45, 2.75) is 85.4 Å². The molecule has 0 radical (unpaired) electrons. The van der Waals surface area contributed by atoms with Gasteiger partial charge in [0, 0.05) is 55.2 Å². The van der Waals surface area contributed by atoms with E-state index in [1.54, 1.807) is 44.5 Å². The Labute approximate surface area is 386 Å². The summed E-state index contributed by atoms with van der Waals surface area (Å²) in [5.74, 6) is 1.65. The molecule has 4 aliphatic rings. The molecule has 4 aromatic heterocycles. The minimum absolute atomic E-state index is 0. The van der Waals surface area contributed by atoms with Crippen LogP contribution in [0.2, 0.25) is 0 Å². The van der Waals surface area contributed by atoms with Gasteiger partial charge in [-0.25, -0.2) is 37.4 Å². The monoisotopic (exact) mass is 990 g/mol. The average Bonchev–Trinajstić information content (AvgIpc) is 4.13. The number of β-amino-alcohol motifs (C(OH)–C–C–N with tert-alkyl or cyclic N) is 1. The van der Waals surface area contributed by atoms with E-state index in [9.17, 15) is 23.5 Å². The molecule has 0 aliphatic carbocycles. The van der Waals surface area contributed by atoms with E-state index in [0.717, 1.165) is 90.2 Å². The smallest absolute Gasteiger partial charge is 0.322 e. The minimum atomic E-state index is -0.475. The van der Waals surface area contributed by atoms with Crippen molar-refractivity contribution in [2.24, 2.45) is 5.92 Å². The summed E-state index contributed by atoms with van der Waals surface area (Å²) in [6, 6.07) is 13.4. The number of aromatic nitrogens is 6. The van der Waals surface area contributed by atoms with Gasteiger partial charge in [-0.15, -0.1) is 0 Å². The summed E-state index contributed by atoms with van der Waals surface area (Å²) in [5, 5.41) is 24.1. The number of nitrogens with one attached hydrogen (secondary N) is 2. The van der Waals surface area contributed by atoms with Gasteiger partial charge in [0.15, 0.2) is 11.3 Å². The van der Waals surface area contributed by atoms with Gasteiger partial charge in [0.05, 0.1) is 30.6 Å². The van der Waals surface area contributed by atoms with Gasteiger partial charge in [-0.2, -0.15) is 10.2 Å². The third-order valence-electron chi connectivity index (χ3n) is 12.4. The van der Waals surface area contributed by atoms with Crippen molar-refractivity contribution in [2.75, 3.05) is 59.7 Å². The van der Waals surface area contributed by atoms with Crippen LogP contribution >= 0.6 is 22.6 Å². The Morgan fingerprint density at radius 3 is 1.75 bits per heavy atom. The fourth-order valence-corrected chi connectivity index (χ4v) is 9.81. The first kappa shape index (κ1) is 46.4. The molecule has 3 N–H and O–H groups in total. The second-order valence-corrected chi connectivity index (χ2v) is 17.8. The highest BCUT2D eigenvalue weighted by molar-refractivity contribution is 14.1. The van der Waals surface area contributed by atoms with Gasteiger partial charge < -0.3 is 35.3 Å². The summed E-state index contributed by atoms with van der Waals surface area (Å²) in [6.45, 7) is 8.24. The van der Waals surface area contributed by atoms with Crippen LogP contribution in [0.25, 0.3) is 11.3 Å². The number of hydrogen-bond acceptors (Lipinski definition) is 9. The van der Waals surface area contributed by atoms with E-state index in [2.05, 4.69) is 60.1 Å². The Morgan fingerprint density at radius 2 is 1.22 bits per heavy atom. The molecule has 4 amide bonds. The van der Waals surface area contributed by atoms with Gasteiger partial charge >= 0.3 is 12.1 Å². The molecule has 0 saturated carbocycles. The number of benzene rings is 2. The maximum Gasteiger partial charge on any atom is 0.322 e. The number of rotatable bonds is 6. The summed E-state index contributed by atoms with van der Waals surface area (Å²) in [5.41, 5.74) is 5.33. The quantitative estimate of drug-likeness (QED) is 0.139. The minimum Gasteiger partial charge on any atom is -0.391 e. The molecule has 4 fully saturated rings. The van der Waals surface area contributed by atoms with Crippen LogP contribution in [0.5, 0.6) is 0 Å². The van der Waals surface area contributed by atoms with Crippen LogP contribution in [0.4, 0.5) is 41.4 Å². The number of hydrogen-bond donors (Lipinski definition) is 3. The topological polar surface area (TPSA) is 152 Å². The average molecular weight is 991 g/mol. The first-order chi connectivity index (χ1) is 30.0. The maximum atomic E-state index is 13.9. The van der Waals surface area contributed by atoms with Gasteiger partial charge in [-0.1, -0.05) is 27.8 Å². The Bertz CT molecular complexity index is 2450. The van der Waals surface area contributed by atoms with Crippen LogP contribution in [0, 0.1) is 28.0 Å². The molecule has 0 unspecified atom stereocenters. The first-order valence-corrected chi connectivity index (χ1v) is 22.3. The number of aryl methyl sites for hydroxylation is 1. The predicted molar refractivity (Wildman–Crippen MR) is 254 cm³/mol. The largest absolute Gasteiger partial charge is 0.391 e. The van der Waals surface area contributed by atoms with E-state index < -0.39 is 6.10 Å². The molecule has 0 spiro atoms. The van der Waals surface area contributed by atoms with Crippen LogP contribution in [-0.4, -0.2) is 102 Å². The highest BCUT2D eigenvalue weighted by Gasteiger charge is 2.32. The lowest BCUT2D eigenvalue weighted by Gasteiger charge is -2.27. The molecule has 18 heteroatoms. The van der Waals surface area contributed by atoms with Crippen LogP contribution in [-0.2, 0) is 0 Å². The molecule has 340 valence electrons. The number of likely N-dealkylation sites (tertiary alicyclic amines) is 2. The summed E-state index contributed by atoms with van der Waals surface area (Å²) in [6.07, 6.45) is 11.9. The summed E-state index contributed by atoms with van der Waals surface area (Å²) < 4.78 is 32.2. The zero-order valence-electron chi connectivity index (χ0n) is 34.6. The van der Waals surface area contributed by atoms with Gasteiger partial charge in [0.2, 0.25) is 0 Å². The summed E-state index contributed by atoms with van der Waals surface area (Å²) >= 11 is 2.25. The molecule has 4 saturated heterocycles. The standard InChI is InChI=1S/C23H27FN6O.C21H22FIN6O2.2CH4/c1-15-7-10-28(14-15)23(31)26-19-13-25-30-11-8-21(27-22(19)30)29-9-3-4-20(29)18-12-17(24)6-5-16(18)2;22-13-3-4-16(23)15(10-13)18-2-1-7-28(18)19-6-9-29-20(26-19)17(11-24-29)25-21(31)27-8-5-14(30)12-27;;/h5-6,8,11-13,15,20H,3-4,7,9-10,14H2,1-2H3,(H,26,31);3-4,6,9-11,14,18,30H,1-2,5,7-8,12H2,(H,25,31);2*1H4/t15-,20+;14-,18+;;/m00../s1. The summed E-state index contributed by atoms with van der Waals surface area (Å²) in [4.78, 5) is 42.7. The van der Waals surface area contributed by atoms with E-state index >= 15 is 0 Å². The number of urea groups is 2. The Balaban J connectivity index is 0.000000186. The first-order valence-electron chi connectivity index (χ1n) is 21.2. The van der Waals surface area contributed by atoms with E-state index in [1.807, 2.05) is 42.4 Å². The van der Waals surface area contributed by atoms with Crippen LogP contribution < -0.4 is 20.4 Å². The van der Waals surface area contributed by atoms with Gasteiger partial charge in [-0.05, 0) is 133 Å². The SMILES string of the molecule is C.C.Cc1ccc(F)cc1[C@H]1CCCN1c1ccn2ncc(NC(=O)N3CC[C@H](C)C3)c2n1.O=C(Nc1cnn2ccc(N3CCC[C@@H]3c3cc(F)ccc3I)nc12)N1CC[C@H](O)C1. The van der Waals surface area contributed by atoms with Crippen LogP contribution in [0.1, 0.15) is 89.1 Å². The number of aliphatic hydroxyl groups is 1. The Kier molecular flexibility index (Phi) is 14.2. The Morgan fingerprint density at radius 1 is 0.703 bits per heavy atom. The second kappa shape index (κ2) is 19.6. The van der Waals surface area contributed by atoms with Crippen LogP contribution in [0.3, 0.4) is 0 Å². The number of carbonyl (C=O) groups excluding carboxylic acids is 2. The van der Waals surface area contributed by atoms with Gasteiger partial charge in [0.25, 0.3) is 0 Å². The number of aliphatic hydroxyl groups excluding tert-OH is 1. The van der Waals surface area contributed by atoms with E-state index in [1.165, 1.54) is 12.1 Å². The van der Waals surface area contributed by atoms with E-state index in [-0.39, 0.29) is 50.6 Å². The normalized spacial score (nSPS) is 20.6. The molecule has 0 bridgehead atoms. The molecule has 64 heavy (non-hydrogen) atoms. The number of amides is 4. The third-order valence-corrected chi connectivity index (χ3v) is 13.3. The van der Waals surface area contributed by atoms with Crippen molar-refractivity contribution >= 4 is 69.0 Å².